The van der Waals surface area contributed by atoms with E-state index >= 15 is 0 Å². The second-order valence-electron chi connectivity index (χ2n) is 5.99. The fraction of sp³-hybridized carbons (Fsp3) is 0.500. The lowest BCUT2D eigenvalue weighted by molar-refractivity contribution is 0.633. The van der Waals surface area contributed by atoms with Gasteiger partial charge in [-0.25, -0.2) is 0 Å². The molecule has 0 spiro atoms. The Morgan fingerprint density at radius 3 is 1.60 bits per heavy atom. The predicted octanol–water partition coefficient (Wildman–Crippen LogP) is 6.15. The van der Waals surface area contributed by atoms with Crippen LogP contribution in [0.5, 0.6) is 0 Å². The molecule has 0 heteroatoms. The summed E-state index contributed by atoms with van der Waals surface area (Å²) in [5, 5.41) is 0. The van der Waals surface area contributed by atoms with Crippen LogP contribution in [0.3, 0.4) is 0 Å². The van der Waals surface area contributed by atoms with Crippen molar-refractivity contribution in [1.29, 1.82) is 0 Å². The maximum atomic E-state index is 3.00. The highest BCUT2D eigenvalue weighted by Gasteiger charge is 2.20. The van der Waals surface area contributed by atoms with Gasteiger partial charge in [-0.05, 0) is 63.2 Å². The Kier molecular flexibility index (Phi) is 6.11. The van der Waals surface area contributed by atoms with Crippen LogP contribution in [-0.4, -0.2) is 0 Å². The highest BCUT2D eigenvalue weighted by Crippen LogP contribution is 2.36. The number of rotatable bonds is 0. The molecule has 2 atom stereocenters. The van der Waals surface area contributed by atoms with Gasteiger partial charge in [-0.1, -0.05) is 47.6 Å². The number of allylic oxidation sites excluding steroid dienone is 8. The van der Waals surface area contributed by atoms with Gasteiger partial charge >= 0.3 is 0 Å². The summed E-state index contributed by atoms with van der Waals surface area (Å²) in [6.45, 7) is 6.00. The smallest absolute Gasteiger partial charge is 0.0165 e. The van der Waals surface area contributed by atoms with E-state index in [4.69, 9.17) is 0 Å². The molecule has 4 rings (SSSR count). The molecule has 0 aromatic rings. The maximum Gasteiger partial charge on any atom is -0.0165 e. The molecule has 0 aromatic heterocycles. The molecule has 2 fully saturated rings. The van der Waals surface area contributed by atoms with E-state index in [0.29, 0.717) is 0 Å². The third kappa shape index (κ3) is 3.85. The first-order valence-corrected chi connectivity index (χ1v) is 8.14. The van der Waals surface area contributed by atoms with Crippen LogP contribution in [-0.2, 0) is 0 Å². The third-order valence-corrected chi connectivity index (χ3v) is 4.82. The summed E-state index contributed by atoms with van der Waals surface area (Å²) in [6.07, 6.45) is 24.7. The first-order chi connectivity index (χ1) is 9.93. The fourth-order valence-corrected chi connectivity index (χ4v) is 3.73. The van der Waals surface area contributed by atoms with E-state index < -0.39 is 0 Å². The number of hydrogen-bond donors (Lipinski definition) is 0. The summed E-state index contributed by atoms with van der Waals surface area (Å²) in [5.74, 6) is 1.88. The molecule has 2 saturated carbocycles. The molecule has 0 nitrogen and oxygen atoms in total. The second-order valence-corrected chi connectivity index (χ2v) is 5.99. The van der Waals surface area contributed by atoms with Crippen LogP contribution in [0.1, 0.15) is 51.4 Å². The van der Waals surface area contributed by atoms with Crippen LogP contribution in [0.25, 0.3) is 0 Å². The van der Waals surface area contributed by atoms with E-state index in [1.165, 1.54) is 51.4 Å². The van der Waals surface area contributed by atoms with Gasteiger partial charge in [0.1, 0.15) is 0 Å². The van der Waals surface area contributed by atoms with E-state index in [-0.39, 0.29) is 0 Å². The van der Waals surface area contributed by atoms with Crippen molar-refractivity contribution in [2.24, 2.45) is 11.8 Å². The lowest BCUT2D eigenvalue weighted by Gasteiger charge is -2.11. The Morgan fingerprint density at radius 1 is 0.750 bits per heavy atom. The van der Waals surface area contributed by atoms with Crippen molar-refractivity contribution in [3.8, 4) is 0 Å². The monoisotopic (exact) mass is 268 g/mol. The van der Waals surface area contributed by atoms with Gasteiger partial charge in [0.05, 0.1) is 0 Å². The minimum Gasteiger partial charge on any atom is -0.106 e. The molecule has 0 N–H and O–H groups in total. The van der Waals surface area contributed by atoms with Crippen molar-refractivity contribution in [3.05, 3.63) is 60.8 Å². The van der Waals surface area contributed by atoms with E-state index in [9.17, 15) is 0 Å². The van der Waals surface area contributed by atoms with E-state index in [0.717, 1.165) is 11.8 Å². The first kappa shape index (κ1) is 15.1. The van der Waals surface area contributed by atoms with E-state index in [2.05, 4.69) is 49.6 Å². The fourth-order valence-electron chi connectivity index (χ4n) is 3.73. The zero-order chi connectivity index (χ0) is 14.2. The van der Waals surface area contributed by atoms with E-state index in [1.54, 1.807) is 11.1 Å². The topological polar surface area (TPSA) is 0 Å². The molecule has 0 saturated heterocycles. The quantitative estimate of drug-likeness (QED) is 0.462. The molecule has 108 valence electrons. The van der Waals surface area contributed by atoms with Gasteiger partial charge < -0.3 is 0 Å². The molecule has 20 heavy (non-hydrogen) atoms. The predicted molar refractivity (Wildman–Crippen MR) is 89.6 cm³/mol. The Bertz CT molecular complexity index is 379. The van der Waals surface area contributed by atoms with Crippen molar-refractivity contribution in [1.82, 2.24) is 0 Å². The lowest BCUT2D eigenvalue weighted by atomic mass is 9.95. The zero-order valence-corrected chi connectivity index (χ0v) is 12.7. The van der Waals surface area contributed by atoms with Crippen LogP contribution in [0.15, 0.2) is 60.8 Å². The summed E-state index contributed by atoms with van der Waals surface area (Å²) in [4.78, 5) is 0. The molecule has 0 radical (unpaired) electrons. The van der Waals surface area contributed by atoms with E-state index in [1.807, 2.05) is 0 Å². The summed E-state index contributed by atoms with van der Waals surface area (Å²) in [7, 11) is 0. The molecule has 0 amide bonds. The van der Waals surface area contributed by atoms with Gasteiger partial charge in [0, 0.05) is 0 Å². The third-order valence-electron chi connectivity index (χ3n) is 4.82. The molecule has 0 aromatic carbocycles. The Hall–Kier alpha value is -1.30. The molecule has 2 unspecified atom stereocenters. The van der Waals surface area contributed by atoms with Crippen molar-refractivity contribution in [2.75, 3.05) is 0 Å². The molecule has 0 heterocycles. The van der Waals surface area contributed by atoms with Crippen LogP contribution in [0, 0.1) is 11.8 Å². The highest BCUT2D eigenvalue weighted by atomic mass is 14.3. The van der Waals surface area contributed by atoms with Crippen LogP contribution < -0.4 is 0 Å². The summed E-state index contributed by atoms with van der Waals surface area (Å²) >= 11 is 0. The lowest BCUT2D eigenvalue weighted by Crippen LogP contribution is -1.96. The maximum absolute atomic E-state index is 3.00. The zero-order valence-electron chi connectivity index (χ0n) is 12.7. The van der Waals surface area contributed by atoms with Gasteiger partial charge in [-0.15, -0.1) is 13.2 Å². The Balaban J connectivity index is 0.000000131. The standard InChI is InChI=1S/2C9H12.C2H4/c2*1-2-5-9-7-3-6-8(9)4-1;1-2/h2*1-2,4,9H,3,5-7H2;1-2H2. The molecule has 0 bridgehead atoms. The minimum atomic E-state index is 0.940. The molecule has 4 aliphatic carbocycles. The summed E-state index contributed by atoms with van der Waals surface area (Å²) in [5.41, 5.74) is 3.41. The minimum absolute atomic E-state index is 0.940. The van der Waals surface area contributed by atoms with Crippen LogP contribution in [0.4, 0.5) is 0 Å². The normalized spacial score (nSPS) is 29.0. The van der Waals surface area contributed by atoms with Crippen molar-refractivity contribution in [3.63, 3.8) is 0 Å². The van der Waals surface area contributed by atoms with Gasteiger partial charge in [0.15, 0.2) is 0 Å². The first-order valence-electron chi connectivity index (χ1n) is 8.14. The van der Waals surface area contributed by atoms with Crippen molar-refractivity contribution in [2.45, 2.75) is 51.4 Å². The van der Waals surface area contributed by atoms with Crippen molar-refractivity contribution < 1.29 is 0 Å². The van der Waals surface area contributed by atoms with Gasteiger partial charge in [0.2, 0.25) is 0 Å². The average Bonchev–Trinajstić information content (AvgIpc) is 3.18. The highest BCUT2D eigenvalue weighted by molar-refractivity contribution is 5.23. The van der Waals surface area contributed by atoms with Crippen molar-refractivity contribution >= 4 is 0 Å². The van der Waals surface area contributed by atoms with Gasteiger partial charge in [-0.2, -0.15) is 0 Å². The number of hydrogen-bond acceptors (Lipinski definition) is 0. The SMILES string of the molecule is C1=CCC2CCCC2=C1.C1=CCC2CCCC2=C1.C=C. The Labute approximate surface area is 124 Å². The second kappa shape index (κ2) is 8.09. The molecular weight excluding hydrogens is 240 g/mol. The van der Waals surface area contributed by atoms with Gasteiger partial charge in [0.25, 0.3) is 0 Å². The average molecular weight is 268 g/mol. The number of fused-ring (bicyclic) bond motifs is 2. The van der Waals surface area contributed by atoms with Crippen LogP contribution in [0.2, 0.25) is 0 Å². The molecule has 4 aliphatic rings. The molecule has 0 aliphatic heterocycles. The Morgan fingerprint density at radius 2 is 1.20 bits per heavy atom. The van der Waals surface area contributed by atoms with Crippen LogP contribution >= 0.6 is 0 Å². The summed E-state index contributed by atoms with van der Waals surface area (Å²) in [6, 6.07) is 0. The molecular formula is C20H28. The van der Waals surface area contributed by atoms with Gasteiger partial charge in [-0.3, -0.25) is 0 Å². The largest absolute Gasteiger partial charge is 0.106 e. The summed E-state index contributed by atoms with van der Waals surface area (Å²) < 4.78 is 0.